The summed E-state index contributed by atoms with van der Waals surface area (Å²) in [5, 5.41) is 36.2. The summed E-state index contributed by atoms with van der Waals surface area (Å²) in [4.78, 5) is 114. The van der Waals surface area contributed by atoms with E-state index in [0.29, 0.717) is 90.7 Å². The van der Waals surface area contributed by atoms with Crippen molar-refractivity contribution in [3.05, 3.63) is 179 Å². The predicted molar refractivity (Wildman–Crippen MR) is 517 cm³/mol. The smallest absolute Gasteiger partial charge is 0.333 e. The minimum absolute atomic E-state index is 0.0835. The first-order valence-corrected chi connectivity index (χ1v) is 49.1. The third-order valence-electron chi connectivity index (χ3n) is 27.7. The zero-order valence-electron chi connectivity index (χ0n) is 82.1. The van der Waals surface area contributed by atoms with Crippen molar-refractivity contribution in [2.75, 3.05) is 26.6 Å². The SMILES string of the molecule is Cc1cnc(Nc2cnn(C)c2)nc1C1=CC2CCC(C1)N2C(=O)CCC(F)(F)F.Cc1cnc(Nc2cnn(C)c2)nc1C1=C[C@@H]2CC[C@H](C1)N2C(=O)CCC(F)(F)F.Cc1cnc(Nc2cnn(C)c2)nc1C1=C[C@H]2CC[C@@H](C1)N2C(=O)CCC(F)(F)F.Cn1cc(Nc2ncc(Cl)c(C3=CC4CCC(C3)N4C(=O)CCC(F)(F)F)n2)cn1.Cn1cc(Nc2ncc(F)c(C3=CC4CCC(C3)N4C(=O)[C@@H]3CC3(F)F)n2)cn1. The quantitative estimate of drug-likeness (QED) is 0.0351. The van der Waals surface area contributed by atoms with E-state index in [-0.39, 0.29) is 78.5 Å². The van der Waals surface area contributed by atoms with E-state index in [1.54, 1.807) is 130 Å². The first-order chi connectivity index (χ1) is 70.6. The largest absolute Gasteiger partial charge is 0.389 e. The molecular formula is C98H108ClF15N30O5. The van der Waals surface area contributed by atoms with Crippen molar-refractivity contribution in [1.82, 2.24) is 123 Å². The number of alkyl halides is 14. The number of rotatable bonds is 24. The van der Waals surface area contributed by atoms with Gasteiger partial charge in [-0.1, -0.05) is 42.0 Å². The molecule has 0 spiro atoms. The van der Waals surface area contributed by atoms with Crippen LogP contribution in [0.15, 0.2) is 123 Å². The van der Waals surface area contributed by atoms with Gasteiger partial charge >= 0.3 is 24.7 Å². The highest BCUT2D eigenvalue weighted by molar-refractivity contribution is 6.32. The number of carbonyl (C=O) groups excluding carboxylic acids is 5. The van der Waals surface area contributed by atoms with E-state index < -0.39 is 123 Å². The second kappa shape index (κ2) is 43.5. The minimum Gasteiger partial charge on any atom is -0.333 e. The molecule has 10 aliphatic heterocycles. The normalized spacial score (nSPS) is 22.1. The van der Waals surface area contributed by atoms with Gasteiger partial charge in [0.2, 0.25) is 59.3 Å². The summed E-state index contributed by atoms with van der Waals surface area (Å²) in [7, 11) is 9.02. The molecule has 35 nitrogen and oxygen atoms in total. The molecule has 6 fully saturated rings. The molecule has 0 aromatic carbocycles. The van der Waals surface area contributed by atoms with Gasteiger partial charge in [-0.2, -0.15) is 78.2 Å². The average Bonchev–Trinajstić information content (AvgIpc) is 1.57. The number of amides is 5. The summed E-state index contributed by atoms with van der Waals surface area (Å²) < 4.78 is 200. The number of aryl methyl sites for hydroxylation is 8. The molecular weight excluding hydrogens is 2000 g/mol. The van der Waals surface area contributed by atoms with Crippen molar-refractivity contribution < 1.29 is 89.8 Å². The standard InChI is InChI=1S/3C20H23F3N6O.C19H20ClF3N6O.C19H19F3N6O/c3*1-12-9-24-19(26-14-10-25-28(2)11-14)27-18(12)13-7-15-3-4-16(8-13)29(15)17(30)5-6-20(21,22)23;1-28-10-12(8-25-28)26-18-24-9-15(20)17(27-18)11-6-13-2-3-14(7-11)29(13)16(30)4-5-19(21,22)23;1-27-9-11(7-24-27)25-18-23-8-15(20)16(26-18)10-4-12-2-3-13(5-10)28(12)17(29)14-6-19(14,21)22/h3*7,9-11,15-16H,3-6,8H2,1-2H3,(H,24,26,27);6,8-10,13-14H,2-5,7H2,1H3,(H,24,26,27);4,7-9,12-14H,2-3,5-6H2,1H3,(H,23,25,26)/t2*15-,16+;;;12?,13?,14-/m10..0/s1. The predicted octanol–water partition coefficient (Wildman–Crippen LogP) is 18.2. The van der Waals surface area contributed by atoms with Crippen LogP contribution in [0.25, 0.3) is 27.9 Å². The zero-order valence-corrected chi connectivity index (χ0v) is 82.9. The van der Waals surface area contributed by atoms with Gasteiger partial charge in [0.25, 0.3) is 5.92 Å². The molecule has 1 aliphatic carbocycles. The third kappa shape index (κ3) is 26.2. The number of nitrogens with zero attached hydrogens (tertiary/aromatic N) is 25. The van der Waals surface area contributed by atoms with Gasteiger partial charge in [0.05, 0.1) is 156 Å². The molecule has 6 unspecified atom stereocenters. The fourth-order valence-electron chi connectivity index (χ4n) is 21.0. The van der Waals surface area contributed by atoms with Crippen LogP contribution in [0.1, 0.15) is 199 Å². The van der Waals surface area contributed by atoms with Gasteiger partial charge in [0, 0.05) is 147 Å². The van der Waals surface area contributed by atoms with E-state index in [9.17, 15) is 89.8 Å². The topological polar surface area (TPSA) is 380 Å². The zero-order chi connectivity index (χ0) is 106. The molecule has 792 valence electrons. The number of anilines is 10. The summed E-state index contributed by atoms with van der Waals surface area (Å²) in [6.45, 7) is 5.77. The number of aromatic nitrogens is 20. The summed E-state index contributed by atoms with van der Waals surface area (Å²) in [6, 6.07) is -1.66. The Morgan fingerprint density at radius 1 is 0.336 bits per heavy atom. The van der Waals surface area contributed by atoms with Crippen LogP contribution in [-0.4, -0.2) is 244 Å². The fraction of sp³-hybridized carbons (Fsp3) is 0.490. The van der Waals surface area contributed by atoms with E-state index in [0.717, 1.165) is 136 Å². The van der Waals surface area contributed by atoms with Gasteiger partial charge in [0.15, 0.2) is 5.82 Å². The number of carbonyl (C=O) groups is 5. The molecule has 10 bridgehead atoms. The lowest BCUT2D eigenvalue weighted by Gasteiger charge is -2.34. The maximum atomic E-state index is 14.5. The van der Waals surface area contributed by atoms with Crippen LogP contribution in [0, 0.1) is 32.5 Å². The molecule has 51 heteroatoms. The number of hydrogen-bond acceptors (Lipinski definition) is 25. The van der Waals surface area contributed by atoms with Gasteiger partial charge in [-0.15, -0.1) is 0 Å². The van der Waals surface area contributed by atoms with Gasteiger partial charge in [-0.3, -0.25) is 47.4 Å². The Kier molecular flexibility index (Phi) is 31.0. The third-order valence-corrected chi connectivity index (χ3v) is 28.0. The summed E-state index contributed by atoms with van der Waals surface area (Å²) in [6.07, 6.45) is 20.8. The Hall–Kier alpha value is -14.3. The maximum absolute atomic E-state index is 14.5. The molecule has 5 N–H and O–H groups in total. The Bertz CT molecular complexity index is 6170. The first kappa shape index (κ1) is 106. The highest BCUT2D eigenvalue weighted by Gasteiger charge is 2.64. The molecule has 10 aromatic rings. The van der Waals surface area contributed by atoms with Crippen molar-refractivity contribution in [2.24, 2.45) is 41.2 Å². The van der Waals surface area contributed by atoms with Gasteiger partial charge in [-0.25, -0.2) is 63.0 Å². The van der Waals surface area contributed by atoms with Crippen LogP contribution >= 0.6 is 11.6 Å². The second-order valence-electron chi connectivity index (χ2n) is 39.0. The fourth-order valence-corrected chi connectivity index (χ4v) is 21.2. The highest BCUT2D eigenvalue weighted by atomic mass is 35.5. The molecule has 149 heavy (non-hydrogen) atoms. The van der Waals surface area contributed by atoms with Gasteiger partial charge in [0.1, 0.15) is 11.6 Å². The second-order valence-corrected chi connectivity index (χ2v) is 39.4. The lowest BCUT2D eigenvalue weighted by molar-refractivity contribution is -0.150. The van der Waals surface area contributed by atoms with Gasteiger partial charge < -0.3 is 51.1 Å². The molecule has 1 saturated carbocycles. The molecule has 11 aliphatic rings. The minimum atomic E-state index is -4.34. The summed E-state index contributed by atoms with van der Waals surface area (Å²) in [5.74, 6) is -4.92. The van der Waals surface area contributed by atoms with Crippen molar-refractivity contribution in [2.45, 2.75) is 266 Å². The molecule has 11 atom stereocenters. The number of hydrogen-bond donors (Lipinski definition) is 5. The van der Waals surface area contributed by atoms with Crippen molar-refractivity contribution in [3.8, 4) is 0 Å². The maximum Gasteiger partial charge on any atom is 0.389 e. The molecule has 5 saturated heterocycles. The Morgan fingerprint density at radius 3 is 0.805 bits per heavy atom. The average molecular weight is 2110 g/mol. The molecule has 10 aromatic heterocycles. The van der Waals surface area contributed by atoms with Crippen molar-refractivity contribution >= 4 is 127 Å². The van der Waals surface area contributed by atoms with Gasteiger partial charge in [-0.05, 0) is 162 Å². The van der Waals surface area contributed by atoms with E-state index in [1.807, 2.05) is 84.8 Å². The number of fused-ring (bicyclic) bond motifs is 10. The van der Waals surface area contributed by atoms with E-state index in [1.165, 1.54) is 6.20 Å². The number of nitrogens with one attached hydrogen (secondary N) is 5. The van der Waals surface area contributed by atoms with Crippen LogP contribution in [-0.2, 0) is 59.2 Å². The van der Waals surface area contributed by atoms with E-state index in [2.05, 4.69) is 102 Å². The summed E-state index contributed by atoms with van der Waals surface area (Å²) in [5.41, 5.74) is 14.2. The van der Waals surface area contributed by atoms with Crippen LogP contribution in [0.3, 0.4) is 0 Å². The lowest BCUT2D eigenvalue weighted by Crippen LogP contribution is -2.44. The highest BCUT2D eigenvalue weighted by Crippen LogP contribution is 2.53. The molecule has 5 amide bonds. The Morgan fingerprint density at radius 2 is 0.564 bits per heavy atom. The van der Waals surface area contributed by atoms with Crippen molar-refractivity contribution in [3.63, 3.8) is 0 Å². The molecule has 20 heterocycles. The number of halogens is 16. The molecule has 0 radical (unpaired) electrons. The summed E-state index contributed by atoms with van der Waals surface area (Å²) >= 11 is 6.34. The van der Waals surface area contributed by atoms with Crippen molar-refractivity contribution in [1.29, 1.82) is 0 Å². The van der Waals surface area contributed by atoms with E-state index >= 15 is 0 Å². The first-order valence-electron chi connectivity index (χ1n) is 48.7. The van der Waals surface area contributed by atoms with Crippen LogP contribution in [0.4, 0.5) is 124 Å². The Balaban J connectivity index is 0.000000127. The van der Waals surface area contributed by atoms with Crippen LogP contribution < -0.4 is 26.6 Å². The lowest BCUT2D eigenvalue weighted by atomic mass is 9.96. The van der Waals surface area contributed by atoms with E-state index in [4.69, 9.17) is 11.6 Å². The van der Waals surface area contributed by atoms with Crippen LogP contribution in [0.2, 0.25) is 5.02 Å². The van der Waals surface area contributed by atoms with Crippen LogP contribution in [0.5, 0.6) is 0 Å². The monoisotopic (exact) mass is 2100 g/mol. The Labute approximate surface area is 849 Å². The molecule has 21 rings (SSSR count).